The topological polar surface area (TPSA) is 34.9 Å². The van der Waals surface area contributed by atoms with E-state index in [2.05, 4.69) is 12.0 Å². The van der Waals surface area contributed by atoms with Crippen LogP contribution >= 0.6 is 11.6 Å². The van der Waals surface area contributed by atoms with Gasteiger partial charge in [-0.3, -0.25) is 9.48 Å². The zero-order valence-electron chi connectivity index (χ0n) is 9.20. The maximum absolute atomic E-state index is 12.1. The van der Waals surface area contributed by atoms with Crippen molar-refractivity contribution in [3.63, 3.8) is 0 Å². The van der Waals surface area contributed by atoms with Crippen LogP contribution in [0.2, 0.25) is 5.02 Å². The van der Waals surface area contributed by atoms with Crippen molar-refractivity contribution in [1.82, 2.24) is 9.78 Å². The first-order valence-electron chi connectivity index (χ1n) is 5.29. The standard InChI is InChI=1S/C11H15ClN2O/c1-6(2)14-10(9(12)5-13-14)11(15)8-4-7(8)3/h5-8H,4H2,1-3H3. The summed E-state index contributed by atoms with van der Waals surface area (Å²) < 4.78 is 1.72. The minimum atomic E-state index is 0.152. The van der Waals surface area contributed by atoms with Gasteiger partial charge in [0.15, 0.2) is 5.78 Å². The lowest BCUT2D eigenvalue weighted by atomic mass is 10.1. The molecule has 0 amide bonds. The van der Waals surface area contributed by atoms with Crippen LogP contribution in [-0.4, -0.2) is 15.6 Å². The van der Waals surface area contributed by atoms with Crippen LogP contribution in [0.25, 0.3) is 0 Å². The quantitative estimate of drug-likeness (QED) is 0.743. The van der Waals surface area contributed by atoms with Crippen molar-refractivity contribution in [3.8, 4) is 0 Å². The fourth-order valence-corrected chi connectivity index (χ4v) is 2.05. The molecule has 0 saturated heterocycles. The van der Waals surface area contributed by atoms with Gasteiger partial charge in [0, 0.05) is 12.0 Å². The van der Waals surface area contributed by atoms with Crippen LogP contribution in [0.4, 0.5) is 0 Å². The number of carbonyl (C=O) groups excluding carboxylic acids is 1. The lowest BCUT2D eigenvalue weighted by molar-refractivity contribution is 0.0950. The van der Waals surface area contributed by atoms with Gasteiger partial charge in [-0.1, -0.05) is 18.5 Å². The van der Waals surface area contributed by atoms with Gasteiger partial charge in [0.05, 0.1) is 11.2 Å². The summed E-state index contributed by atoms with van der Waals surface area (Å²) in [5, 5.41) is 4.61. The van der Waals surface area contributed by atoms with Crippen molar-refractivity contribution in [3.05, 3.63) is 16.9 Å². The molecule has 0 aromatic carbocycles. The molecule has 0 radical (unpaired) electrons. The number of rotatable bonds is 3. The Labute approximate surface area is 94.4 Å². The number of halogens is 1. The first-order chi connectivity index (χ1) is 7.02. The lowest BCUT2D eigenvalue weighted by Gasteiger charge is -2.10. The van der Waals surface area contributed by atoms with E-state index >= 15 is 0 Å². The molecule has 2 rings (SSSR count). The van der Waals surface area contributed by atoms with E-state index in [9.17, 15) is 4.79 Å². The SMILES string of the molecule is CC1CC1C(=O)c1c(Cl)cnn1C(C)C. The van der Waals surface area contributed by atoms with E-state index < -0.39 is 0 Å². The van der Waals surface area contributed by atoms with E-state index in [-0.39, 0.29) is 17.7 Å². The Morgan fingerprint density at radius 2 is 2.27 bits per heavy atom. The second-order valence-electron chi connectivity index (χ2n) is 4.56. The van der Waals surface area contributed by atoms with Crippen molar-refractivity contribution in [2.75, 3.05) is 0 Å². The average Bonchev–Trinajstić information content (AvgIpc) is 2.74. The highest BCUT2D eigenvalue weighted by atomic mass is 35.5. The molecule has 0 spiro atoms. The summed E-state index contributed by atoms with van der Waals surface area (Å²) in [5.74, 6) is 0.819. The van der Waals surface area contributed by atoms with Gasteiger partial charge in [0.2, 0.25) is 0 Å². The molecule has 2 atom stereocenters. The molecule has 4 heteroatoms. The molecule has 1 aliphatic carbocycles. The van der Waals surface area contributed by atoms with E-state index in [1.165, 1.54) is 0 Å². The number of ketones is 1. The molecule has 1 saturated carbocycles. The molecule has 3 nitrogen and oxygen atoms in total. The molecule has 1 heterocycles. The minimum absolute atomic E-state index is 0.152. The average molecular weight is 227 g/mol. The molecule has 1 aromatic heterocycles. The Hall–Kier alpha value is -0.830. The third-order valence-corrected chi connectivity index (χ3v) is 3.20. The second kappa shape index (κ2) is 3.63. The number of Topliss-reactive ketones (excluding diaryl/α,β-unsaturated/α-hetero) is 1. The Balaban J connectivity index is 2.33. The number of carbonyl (C=O) groups is 1. The van der Waals surface area contributed by atoms with Gasteiger partial charge in [0.1, 0.15) is 5.69 Å². The normalized spacial score (nSPS) is 24.6. The van der Waals surface area contributed by atoms with Gasteiger partial charge < -0.3 is 0 Å². The van der Waals surface area contributed by atoms with Gasteiger partial charge >= 0.3 is 0 Å². The predicted molar refractivity (Wildman–Crippen MR) is 59.2 cm³/mol. The van der Waals surface area contributed by atoms with E-state index in [4.69, 9.17) is 11.6 Å². The third-order valence-electron chi connectivity index (χ3n) is 2.92. The smallest absolute Gasteiger partial charge is 0.185 e. The summed E-state index contributed by atoms with van der Waals surface area (Å²) in [4.78, 5) is 12.1. The highest BCUT2D eigenvalue weighted by Gasteiger charge is 2.41. The highest BCUT2D eigenvalue weighted by molar-refractivity contribution is 6.33. The zero-order valence-corrected chi connectivity index (χ0v) is 9.95. The molecular formula is C11H15ClN2O. The maximum atomic E-state index is 12.1. The molecule has 15 heavy (non-hydrogen) atoms. The zero-order chi connectivity index (χ0) is 11.2. The Morgan fingerprint density at radius 3 is 2.73 bits per heavy atom. The van der Waals surface area contributed by atoms with Crippen LogP contribution in [0.1, 0.15) is 43.7 Å². The van der Waals surface area contributed by atoms with Crippen molar-refractivity contribution in [1.29, 1.82) is 0 Å². The first kappa shape index (κ1) is 10.7. The Morgan fingerprint density at radius 1 is 1.67 bits per heavy atom. The summed E-state index contributed by atoms with van der Waals surface area (Å²) in [6.45, 7) is 6.08. The van der Waals surface area contributed by atoms with Gasteiger partial charge in [-0.15, -0.1) is 0 Å². The van der Waals surface area contributed by atoms with Crippen molar-refractivity contribution >= 4 is 17.4 Å². The van der Waals surface area contributed by atoms with Crippen LogP contribution in [0, 0.1) is 11.8 Å². The molecule has 1 aliphatic rings. The van der Waals surface area contributed by atoms with Crippen LogP contribution in [0.3, 0.4) is 0 Å². The molecule has 1 aromatic rings. The molecule has 1 fully saturated rings. The molecule has 0 aliphatic heterocycles. The summed E-state index contributed by atoms with van der Waals surface area (Å²) in [6.07, 6.45) is 2.54. The monoisotopic (exact) mass is 226 g/mol. The summed E-state index contributed by atoms with van der Waals surface area (Å²) in [5.41, 5.74) is 0.584. The fourth-order valence-electron chi connectivity index (χ4n) is 1.83. The van der Waals surface area contributed by atoms with Crippen molar-refractivity contribution in [2.45, 2.75) is 33.2 Å². The lowest BCUT2D eigenvalue weighted by Crippen LogP contribution is -2.14. The predicted octanol–water partition coefficient (Wildman–Crippen LogP) is 2.96. The number of hydrogen-bond acceptors (Lipinski definition) is 2. The van der Waals surface area contributed by atoms with Gasteiger partial charge in [-0.2, -0.15) is 5.10 Å². The fraction of sp³-hybridized carbons (Fsp3) is 0.636. The van der Waals surface area contributed by atoms with E-state index in [1.807, 2.05) is 13.8 Å². The summed E-state index contributed by atoms with van der Waals surface area (Å²) in [6, 6.07) is 0.172. The summed E-state index contributed by atoms with van der Waals surface area (Å²) in [7, 11) is 0. The second-order valence-corrected chi connectivity index (χ2v) is 4.97. The van der Waals surface area contributed by atoms with Crippen LogP contribution in [-0.2, 0) is 0 Å². The Bertz CT molecular complexity index is 397. The minimum Gasteiger partial charge on any atom is -0.292 e. The number of aromatic nitrogens is 2. The van der Waals surface area contributed by atoms with Crippen LogP contribution in [0.15, 0.2) is 6.20 Å². The Kier molecular flexibility index (Phi) is 2.59. The van der Waals surface area contributed by atoms with Crippen molar-refractivity contribution < 1.29 is 4.79 Å². The molecule has 0 bridgehead atoms. The molecule has 0 N–H and O–H groups in total. The summed E-state index contributed by atoms with van der Waals surface area (Å²) >= 11 is 6.00. The van der Waals surface area contributed by atoms with Gasteiger partial charge in [0.25, 0.3) is 0 Å². The van der Waals surface area contributed by atoms with Gasteiger partial charge in [-0.05, 0) is 26.2 Å². The largest absolute Gasteiger partial charge is 0.292 e. The molecular weight excluding hydrogens is 212 g/mol. The van der Waals surface area contributed by atoms with E-state index in [0.29, 0.717) is 16.6 Å². The number of hydrogen-bond donors (Lipinski definition) is 0. The first-order valence-corrected chi connectivity index (χ1v) is 5.67. The maximum Gasteiger partial charge on any atom is 0.185 e. The van der Waals surface area contributed by atoms with Crippen LogP contribution in [0.5, 0.6) is 0 Å². The molecule has 82 valence electrons. The molecule has 2 unspecified atom stereocenters. The highest BCUT2D eigenvalue weighted by Crippen LogP contribution is 2.41. The van der Waals surface area contributed by atoms with Crippen molar-refractivity contribution in [2.24, 2.45) is 11.8 Å². The van der Waals surface area contributed by atoms with E-state index in [0.717, 1.165) is 6.42 Å². The van der Waals surface area contributed by atoms with E-state index in [1.54, 1.807) is 10.9 Å². The van der Waals surface area contributed by atoms with Gasteiger partial charge in [-0.25, -0.2) is 0 Å². The number of nitrogens with zero attached hydrogens (tertiary/aromatic N) is 2. The third kappa shape index (κ3) is 1.81. The van der Waals surface area contributed by atoms with Crippen LogP contribution < -0.4 is 0 Å².